The van der Waals surface area contributed by atoms with Gasteiger partial charge in [-0.1, -0.05) is 38.4 Å². The van der Waals surface area contributed by atoms with Crippen molar-refractivity contribution in [2.75, 3.05) is 0 Å². The second kappa shape index (κ2) is 5.61. The van der Waals surface area contributed by atoms with Crippen LogP contribution in [-0.2, 0) is 11.0 Å². The van der Waals surface area contributed by atoms with Crippen LogP contribution in [0.2, 0.25) is 23.2 Å². The molecule has 4 nitrogen and oxygen atoms in total. The maximum atomic E-state index is 11.0. The molecule has 19 heavy (non-hydrogen) atoms. The second-order valence-electron chi connectivity index (χ2n) is 6.05. The van der Waals surface area contributed by atoms with Crippen molar-refractivity contribution in [1.29, 1.82) is 0 Å². The minimum atomic E-state index is -1.93. The summed E-state index contributed by atoms with van der Waals surface area (Å²) in [6.45, 7) is 10.9. The van der Waals surface area contributed by atoms with Gasteiger partial charge in [0.15, 0.2) is 8.32 Å². The van der Waals surface area contributed by atoms with Crippen LogP contribution in [0.5, 0.6) is 0 Å². The van der Waals surface area contributed by atoms with E-state index in [1.54, 1.807) is 12.1 Å². The Kier molecular flexibility index (Phi) is 4.76. The third-order valence-corrected chi connectivity index (χ3v) is 8.43. The standard InChI is InChI=1S/C13H20ClNO3Si/c1-13(2,3)19(4,5)18-9-10-7-6-8-11(14)12(10)15(16)17/h6-8H,9H2,1-5H3. The molecule has 1 aromatic rings. The first-order chi connectivity index (χ1) is 8.56. The molecule has 1 aromatic carbocycles. The van der Waals surface area contributed by atoms with Crippen molar-refractivity contribution in [2.24, 2.45) is 0 Å². The molecule has 0 fully saturated rings. The smallest absolute Gasteiger partial charge is 0.293 e. The van der Waals surface area contributed by atoms with Gasteiger partial charge in [-0.15, -0.1) is 0 Å². The van der Waals surface area contributed by atoms with Crippen LogP contribution in [-0.4, -0.2) is 13.2 Å². The maximum absolute atomic E-state index is 11.0. The number of nitro groups is 1. The first-order valence-electron chi connectivity index (χ1n) is 6.12. The molecule has 0 saturated carbocycles. The summed E-state index contributed by atoms with van der Waals surface area (Å²) >= 11 is 5.88. The van der Waals surface area contributed by atoms with E-state index in [9.17, 15) is 10.1 Å². The summed E-state index contributed by atoms with van der Waals surface area (Å²) in [6, 6.07) is 4.92. The van der Waals surface area contributed by atoms with Gasteiger partial charge in [-0.05, 0) is 30.3 Å². The number of para-hydroxylation sites is 1. The Hall–Kier alpha value is -0.913. The van der Waals surface area contributed by atoms with Gasteiger partial charge in [0.25, 0.3) is 5.69 Å². The zero-order valence-corrected chi connectivity index (χ0v) is 13.7. The molecule has 106 valence electrons. The minimum Gasteiger partial charge on any atom is -0.412 e. The molecule has 0 spiro atoms. The molecule has 0 heterocycles. The van der Waals surface area contributed by atoms with Gasteiger partial charge >= 0.3 is 0 Å². The number of nitro benzene ring substituents is 1. The average molecular weight is 302 g/mol. The van der Waals surface area contributed by atoms with E-state index in [4.69, 9.17) is 16.0 Å². The molecule has 0 aliphatic heterocycles. The molecule has 0 unspecified atom stereocenters. The van der Waals surface area contributed by atoms with E-state index < -0.39 is 13.2 Å². The highest BCUT2D eigenvalue weighted by Gasteiger charge is 2.37. The van der Waals surface area contributed by atoms with E-state index in [-0.39, 0.29) is 22.4 Å². The van der Waals surface area contributed by atoms with Gasteiger partial charge < -0.3 is 4.43 Å². The SMILES string of the molecule is CC(C)(C)[Si](C)(C)OCc1cccc(Cl)c1[N+](=O)[O-]. The molecule has 0 aromatic heterocycles. The summed E-state index contributed by atoms with van der Waals surface area (Å²) in [5.74, 6) is 0. The van der Waals surface area contributed by atoms with Crippen molar-refractivity contribution in [2.45, 2.75) is 45.5 Å². The van der Waals surface area contributed by atoms with E-state index in [0.29, 0.717) is 5.56 Å². The van der Waals surface area contributed by atoms with E-state index in [1.165, 1.54) is 6.07 Å². The van der Waals surface area contributed by atoms with Gasteiger partial charge in [0.05, 0.1) is 17.1 Å². The predicted molar refractivity (Wildman–Crippen MR) is 80.1 cm³/mol. The number of rotatable bonds is 4. The van der Waals surface area contributed by atoms with E-state index in [1.807, 2.05) is 0 Å². The number of hydrogen-bond acceptors (Lipinski definition) is 3. The third kappa shape index (κ3) is 3.78. The zero-order valence-electron chi connectivity index (χ0n) is 12.0. The highest BCUT2D eigenvalue weighted by Crippen LogP contribution is 2.38. The van der Waals surface area contributed by atoms with Crippen LogP contribution in [0.3, 0.4) is 0 Å². The van der Waals surface area contributed by atoms with Gasteiger partial charge in [-0.2, -0.15) is 0 Å². The molecule has 0 radical (unpaired) electrons. The van der Waals surface area contributed by atoms with Crippen molar-refractivity contribution in [3.63, 3.8) is 0 Å². The lowest BCUT2D eigenvalue weighted by molar-refractivity contribution is -0.385. The summed E-state index contributed by atoms with van der Waals surface area (Å²) in [6.07, 6.45) is 0. The van der Waals surface area contributed by atoms with Gasteiger partial charge in [-0.25, -0.2) is 0 Å². The van der Waals surface area contributed by atoms with Crippen LogP contribution in [0.15, 0.2) is 18.2 Å². The molecule has 0 aliphatic carbocycles. The lowest BCUT2D eigenvalue weighted by Gasteiger charge is -2.36. The second-order valence-corrected chi connectivity index (χ2v) is 11.3. The fourth-order valence-electron chi connectivity index (χ4n) is 1.36. The van der Waals surface area contributed by atoms with Crippen molar-refractivity contribution in [1.82, 2.24) is 0 Å². The highest BCUT2D eigenvalue weighted by atomic mass is 35.5. The summed E-state index contributed by atoms with van der Waals surface area (Å²) in [5.41, 5.74) is 0.477. The van der Waals surface area contributed by atoms with Crippen LogP contribution >= 0.6 is 11.6 Å². The Morgan fingerprint density at radius 2 is 1.95 bits per heavy atom. The predicted octanol–water partition coefficient (Wildman–Crippen LogP) is 4.77. The zero-order chi connectivity index (χ0) is 14.8. The van der Waals surface area contributed by atoms with E-state index >= 15 is 0 Å². The minimum absolute atomic E-state index is 0.0529. The van der Waals surface area contributed by atoms with Crippen LogP contribution in [0.1, 0.15) is 26.3 Å². The molecule has 0 saturated heterocycles. The number of nitrogens with zero attached hydrogens (tertiary/aromatic N) is 1. The maximum Gasteiger partial charge on any atom is 0.293 e. The number of hydrogen-bond donors (Lipinski definition) is 0. The monoisotopic (exact) mass is 301 g/mol. The molecule has 0 bridgehead atoms. The van der Waals surface area contributed by atoms with Crippen molar-refractivity contribution >= 4 is 25.6 Å². The quantitative estimate of drug-likeness (QED) is 0.457. The fourth-order valence-corrected chi connectivity index (χ4v) is 2.57. The van der Waals surface area contributed by atoms with Crippen molar-refractivity contribution in [3.8, 4) is 0 Å². The van der Waals surface area contributed by atoms with Gasteiger partial charge in [0, 0.05) is 0 Å². The normalized spacial score (nSPS) is 12.5. The molecule has 1 rings (SSSR count). The number of halogens is 1. The van der Waals surface area contributed by atoms with E-state index in [2.05, 4.69) is 33.9 Å². The molecule has 0 amide bonds. The summed E-state index contributed by atoms with van der Waals surface area (Å²) in [4.78, 5) is 10.6. The van der Waals surface area contributed by atoms with Gasteiger partial charge in [0.1, 0.15) is 5.02 Å². The Morgan fingerprint density at radius 3 is 2.42 bits per heavy atom. The Labute approximate surface area is 120 Å². The first kappa shape index (κ1) is 16.1. The Balaban J connectivity index is 2.97. The van der Waals surface area contributed by atoms with Crippen molar-refractivity contribution < 1.29 is 9.35 Å². The van der Waals surface area contributed by atoms with Crippen LogP contribution in [0.25, 0.3) is 0 Å². The average Bonchev–Trinajstić information content (AvgIpc) is 2.24. The van der Waals surface area contributed by atoms with Crippen molar-refractivity contribution in [3.05, 3.63) is 38.9 Å². The van der Waals surface area contributed by atoms with Crippen LogP contribution in [0.4, 0.5) is 5.69 Å². The first-order valence-corrected chi connectivity index (χ1v) is 9.40. The highest BCUT2D eigenvalue weighted by molar-refractivity contribution is 6.74. The third-order valence-electron chi connectivity index (χ3n) is 3.65. The number of benzene rings is 1. The van der Waals surface area contributed by atoms with Crippen LogP contribution < -0.4 is 0 Å². The topological polar surface area (TPSA) is 52.4 Å². The summed E-state index contributed by atoms with van der Waals surface area (Å²) in [7, 11) is -1.93. The molecular weight excluding hydrogens is 282 g/mol. The van der Waals surface area contributed by atoms with Gasteiger partial charge in [0.2, 0.25) is 0 Å². The molecule has 0 atom stereocenters. The molecule has 0 aliphatic rings. The Morgan fingerprint density at radius 1 is 1.37 bits per heavy atom. The summed E-state index contributed by atoms with van der Waals surface area (Å²) in [5, 5.41) is 11.3. The molecule has 6 heteroatoms. The van der Waals surface area contributed by atoms with E-state index in [0.717, 1.165) is 0 Å². The lowest BCUT2D eigenvalue weighted by atomic mass is 10.2. The van der Waals surface area contributed by atoms with Gasteiger partial charge in [-0.3, -0.25) is 10.1 Å². The summed E-state index contributed by atoms with van der Waals surface area (Å²) < 4.78 is 6.00. The fraction of sp³-hybridized carbons (Fsp3) is 0.538. The van der Waals surface area contributed by atoms with Crippen LogP contribution in [0, 0.1) is 10.1 Å². The Bertz CT molecular complexity index is 483. The molecular formula is C13H20ClNO3Si. The molecule has 0 N–H and O–H groups in total. The lowest BCUT2D eigenvalue weighted by Crippen LogP contribution is -2.40. The largest absolute Gasteiger partial charge is 0.412 e.